The van der Waals surface area contributed by atoms with Crippen molar-refractivity contribution < 1.29 is 20.2 Å². The number of aliphatic carboxylic acids is 1. The molecule has 10 heavy (non-hydrogen) atoms. The maximum atomic E-state index is 10.1. The monoisotopic (exact) mass is 174 g/mol. The van der Waals surface area contributed by atoms with Crippen LogP contribution < -0.4 is 0 Å². The van der Waals surface area contributed by atoms with Crippen LogP contribution >= 0.6 is 0 Å². The van der Waals surface area contributed by atoms with E-state index in [4.69, 9.17) is 5.11 Å². The Morgan fingerprint density at radius 3 is 1.80 bits per heavy atom. The topological polar surface area (TPSA) is 85.9 Å². The summed E-state index contributed by atoms with van der Waals surface area (Å²) in [6, 6.07) is 0. The predicted molar refractivity (Wildman–Crippen MR) is 38.3 cm³/mol. The Morgan fingerprint density at radius 2 is 1.70 bits per heavy atom. The quantitative estimate of drug-likeness (QED) is 0.555. The normalized spacial score (nSPS) is 6.90. The van der Waals surface area contributed by atoms with Gasteiger partial charge in [-0.1, -0.05) is 0 Å². The number of hydrogen-bond donors (Lipinski definition) is 1. The van der Waals surface area contributed by atoms with Crippen molar-refractivity contribution in [3.8, 4) is 0 Å². The third-order valence-corrected chi connectivity index (χ3v) is 0.691. The van der Waals surface area contributed by atoms with Crippen LogP contribution in [0.2, 0.25) is 0 Å². The number of hydrogen-bond acceptors (Lipinski definition) is 2. The Hall–Kier alpha value is 0.736. The van der Waals surface area contributed by atoms with Gasteiger partial charge in [0.05, 0.1) is 6.42 Å². The second-order valence-electron chi connectivity index (χ2n) is 1.60. The molecule has 0 rings (SSSR count). The van der Waals surface area contributed by atoms with Crippen LogP contribution in [0.4, 0.5) is 0 Å². The number of carbonyl (C=O) groups is 2. The first-order chi connectivity index (χ1) is 3.63. The Morgan fingerprint density at radius 1 is 1.30 bits per heavy atom. The summed E-state index contributed by atoms with van der Waals surface area (Å²) in [6.07, 6.45) is 0.102. The van der Waals surface area contributed by atoms with E-state index in [0.29, 0.717) is 0 Å². The molecule has 0 bridgehead atoms. The average Bonchev–Trinajstić information content (AvgIpc) is 1.61. The van der Waals surface area contributed by atoms with Crippen molar-refractivity contribution in [3.05, 3.63) is 0 Å². The Kier molecular flexibility index (Phi) is 16.6. The van der Waals surface area contributed by atoms with E-state index in [0.717, 1.165) is 0 Å². The van der Waals surface area contributed by atoms with Crippen molar-refractivity contribution >= 4 is 63.1 Å². The molecule has 0 aliphatic carbocycles. The fraction of sp³-hybridized carbons (Fsp3) is 0.600. The summed E-state index contributed by atoms with van der Waals surface area (Å²) in [4.78, 5) is 19.8. The van der Waals surface area contributed by atoms with Crippen molar-refractivity contribution in [1.29, 1.82) is 0 Å². The summed E-state index contributed by atoms with van der Waals surface area (Å²) < 4.78 is 0. The molecule has 0 atom stereocenters. The molecule has 4 nitrogen and oxygen atoms in total. The zero-order chi connectivity index (χ0) is 6.57. The van der Waals surface area contributed by atoms with Gasteiger partial charge in [0.25, 0.3) is 0 Å². The van der Waals surface area contributed by atoms with Crippen molar-refractivity contribution in [2.24, 2.45) is 0 Å². The molecule has 0 aliphatic heterocycles. The van der Waals surface area contributed by atoms with Crippen LogP contribution in [0.25, 0.3) is 0 Å². The van der Waals surface area contributed by atoms with E-state index in [1.165, 1.54) is 6.92 Å². The van der Waals surface area contributed by atoms with Gasteiger partial charge in [-0.3, -0.25) is 4.79 Å². The summed E-state index contributed by atoms with van der Waals surface area (Å²) in [5.41, 5.74) is 0. The number of ketones is 1. The van der Waals surface area contributed by atoms with Gasteiger partial charge in [-0.15, -0.1) is 0 Å². The van der Waals surface area contributed by atoms with E-state index in [-0.39, 0.29) is 75.5 Å². The SMILES string of the molecule is CC(=O)CCC(=O)O.O.[KH]. The van der Waals surface area contributed by atoms with E-state index in [2.05, 4.69) is 0 Å². The van der Waals surface area contributed by atoms with Crippen LogP contribution in [0.3, 0.4) is 0 Å². The average molecular weight is 174 g/mol. The van der Waals surface area contributed by atoms with Gasteiger partial charge >= 0.3 is 57.4 Å². The molecule has 3 N–H and O–H groups in total. The zero-order valence-corrected chi connectivity index (χ0v) is 5.18. The molecule has 0 aliphatic rings. The molecule has 5 heteroatoms. The summed E-state index contributed by atoms with van der Waals surface area (Å²) in [7, 11) is 0. The molecule has 0 radical (unpaired) electrons. The number of carboxylic acids is 1. The van der Waals surface area contributed by atoms with Gasteiger partial charge in [0.15, 0.2) is 0 Å². The number of carboxylic acid groups (broad SMARTS) is 1. The molecular formula is C5H11KO4. The summed E-state index contributed by atoms with van der Waals surface area (Å²) in [5.74, 6) is -0.993. The third-order valence-electron chi connectivity index (χ3n) is 0.691. The van der Waals surface area contributed by atoms with E-state index >= 15 is 0 Å². The van der Waals surface area contributed by atoms with Crippen molar-refractivity contribution in [3.63, 3.8) is 0 Å². The van der Waals surface area contributed by atoms with Crippen molar-refractivity contribution in [1.82, 2.24) is 0 Å². The van der Waals surface area contributed by atoms with Crippen LogP contribution in [-0.2, 0) is 9.59 Å². The predicted octanol–water partition coefficient (Wildman–Crippen LogP) is -1.03. The van der Waals surface area contributed by atoms with E-state index < -0.39 is 5.97 Å². The third kappa shape index (κ3) is 15.9. The molecule has 56 valence electrons. The molecule has 0 unspecified atom stereocenters. The van der Waals surface area contributed by atoms with Crippen LogP contribution in [-0.4, -0.2) is 73.7 Å². The summed E-state index contributed by atoms with van der Waals surface area (Å²) in [6.45, 7) is 1.38. The summed E-state index contributed by atoms with van der Waals surface area (Å²) >= 11 is 0. The molecule has 0 aromatic rings. The van der Waals surface area contributed by atoms with Gasteiger partial charge in [-0.2, -0.15) is 0 Å². The second kappa shape index (κ2) is 9.74. The Bertz CT molecular complexity index is 98.2. The molecular weight excluding hydrogens is 163 g/mol. The van der Waals surface area contributed by atoms with Gasteiger partial charge in [0.1, 0.15) is 5.78 Å². The Labute approximate surface area is 102 Å². The van der Waals surface area contributed by atoms with Crippen molar-refractivity contribution in [2.45, 2.75) is 19.8 Å². The standard InChI is InChI=1S/C5H8O3.K.H2O.H/c1-4(6)2-3-5(7)8;;;/h2-3H2,1H3,(H,7,8);;1H2;. The van der Waals surface area contributed by atoms with Gasteiger partial charge in [-0.05, 0) is 6.92 Å². The maximum absolute atomic E-state index is 10.1. The Balaban J connectivity index is -0.000000245. The summed E-state index contributed by atoms with van der Waals surface area (Å²) in [5, 5.41) is 8.01. The van der Waals surface area contributed by atoms with Gasteiger partial charge in [0.2, 0.25) is 0 Å². The molecule has 0 aromatic carbocycles. The van der Waals surface area contributed by atoms with E-state index in [9.17, 15) is 9.59 Å². The number of Topliss-reactive ketones (excluding diaryl/α,β-unsaturated/α-hetero) is 1. The van der Waals surface area contributed by atoms with Crippen LogP contribution in [0.15, 0.2) is 0 Å². The molecule has 0 fully saturated rings. The zero-order valence-electron chi connectivity index (χ0n) is 5.18. The minimum absolute atomic E-state index is 0. The van der Waals surface area contributed by atoms with E-state index in [1.807, 2.05) is 0 Å². The fourth-order valence-corrected chi connectivity index (χ4v) is 0.283. The molecule has 0 spiro atoms. The second-order valence-corrected chi connectivity index (χ2v) is 1.60. The first-order valence-electron chi connectivity index (χ1n) is 2.34. The minimum atomic E-state index is -0.916. The fourth-order valence-electron chi connectivity index (χ4n) is 0.283. The first kappa shape index (κ1) is 17.0. The molecule has 0 amide bonds. The number of rotatable bonds is 3. The molecule has 0 heterocycles. The molecule has 0 saturated carbocycles. The van der Waals surface area contributed by atoms with Crippen molar-refractivity contribution in [2.75, 3.05) is 0 Å². The van der Waals surface area contributed by atoms with E-state index in [1.54, 1.807) is 0 Å². The van der Waals surface area contributed by atoms with Gasteiger partial charge < -0.3 is 15.4 Å². The number of carbonyl (C=O) groups excluding carboxylic acids is 1. The van der Waals surface area contributed by atoms with Gasteiger partial charge in [0, 0.05) is 6.42 Å². The van der Waals surface area contributed by atoms with Crippen LogP contribution in [0.5, 0.6) is 0 Å². The molecule has 0 aromatic heterocycles. The molecule has 0 saturated heterocycles. The first-order valence-corrected chi connectivity index (χ1v) is 2.34. The van der Waals surface area contributed by atoms with Crippen LogP contribution in [0.1, 0.15) is 19.8 Å². The van der Waals surface area contributed by atoms with Gasteiger partial charge in [-0.25, -0.2) is 0 Å². The van der Waals surface area contributed by atoms with Crippen LogP contribution in [0, 0.1) is 0 Å².